The molecule has 3 aromatic heterocycles. The van der Waals surface area contributed by atoms with Crippen molar-refractivity contribution in [3.63, 3.8) is 0 Å². The lowest BCUT2D eigenvalue weighted by atomic mass is 9.95. The number of piperazine rings is 1. The molecule has 2 fully saturated rings. The average molecular weight is 497 g/mol. The summed E-state index contributed by atoms with van der Waals surface area (Å²) in [4.78, 5) is 30.9. The second kappa shape index (κ2) is 10.3. The molecule has 0 spiro atoms. The summed E-state index contributed by atoms with van der Waals surface area (Å²) in [5.74, 6) is 1.24. The molecule has 1 saturated heterocycles. The Balaban J connectivity index is 1.59. The Morgan fingerprint density at radius 3 is 2.76 bits per heavy atom. The first-order valence-electron chi connectivity index (χ1n) is 12.9. The van der Waals surface area contributed by atoms with Crippen LogP contribution in [0, 0.1) is 17.2 Å². The lowest BCUT2D eigenvalue weighted by Crippen LogP contribution is -2.57. The van der Waals surface area contributed by atoms with Crippen LogP contribution < -0.4 is 4.90 Å². The Labute approximate surface area is 217 Å². The van der Waals surface area contributed by atoms with E-state index in [0.717, 1.165) is 40.7 Å². The highest BCUT2D eigenvalue weighted by molar-refractivity contribution is 5.95. The Morgan fingerprint density at radius 2 is 2.08 bits per heavy atom. The molecule has 4 heterocycles. The van der Waals surface area contributed by atoms with Gasteiger partial charge in [0.1, 0.15) is 11.9 Å². The molecule has 2 aliphatic rings. The summed E-state index contributed by atoms with van der Waals surface area (Å²) in [5, 5.41) is 20.4. The van der Waals surface area contributed by atoms with Crippen LogP contribution in [-0.2, 0) is 4.79 Å². The molecule has 190 valence electrons. The van der Waals surface area contributed by atoms with Crippen molar-refractivity contribution in [2.45, 2.75) is 45.1 Å². The van der Waals surface area contributed by atoms with Gasteiger partial charge in [0.2, 0.25) is 5.91 Å². The smallest absolute Gasteiger partial charge is 0.225 e. The van der Waals surface area contributed by atoms with Crippen LogP contribution in [0.15, 0.2) is 37.0 Å². The molecular formula is C29H32N6O2. The van der Waals surface area contributed by atoms with Crippen LogP contribution in [0.4, 0.5) is 5.82 Å². The standard InChI is InChI=1S/C29H32N6O2/c1-4-21-15-23(22-6-5-10-31-28(22)32-21)24-14-20(16-30)29(33-27(24)19-7-8-19)34-11-12-35(26(37)9-13-36)25(17-34)18(2)3/h4-6,10,14-15,18-19,25,36H,1,7-9,11-13,17H2,2-3H3/t25-/m0/s1. The third kappa shape index (κ3) is 4.79. The van der Waals surface area contributed by atoms with Crippen LogP contribution in [0.3, 0.4) is 0 Å². The number of fused-ring (bicyclic) bond motifs is 1. The second-order valence-electron chi connectivity index (χ2n) is 10.2. The van der Waals surface area contributed by atoms with Gasteiger partial charge in [0.25, 0.3) is 0 Å². The van der Waals surface area contributed by atoms with E-state index in [-0.39, 0.29) is 30.9 Å². The average Bonchev–Trinajstić information content (AvgIpc) is 3.77. The van der Waals surface area contributed by atoms with Crippen LogP contribution >= 0.6 is 0 Å². The molecule has 1 aliphatic carbocycles. The molecule has 0 unspecified atom stereocenters. The van der Waals surface area contributed by atoms with Gasteiger partial charge in [-0.2, -0.15) is 5.26 Å². The predicted molar refractivity (Wildman–Crippen MR) is 144 cm³/mol. The van der Waals surface area contributed by atoms with Gasteiger partial charge in [-0.1, -0.05) is 20.4 Å². The third-order valence-corrected chi connectivity index (χ3v) is 7.35. The van der Waals surface area contributed by atoms with E-state index >= 15 is 0 Å². The largest absolute Gasteiger partial charge is 0.396 e. The molecular weight excluding hydrogens is 464 g/mol. The van der Waals surface area contributed by atoms with Gasteiger partial charge in [0.05, 0.1) is 29.6 Å². The lowest BCUT2D eigenvalue weighted by molar-refractivity contribution is -0.135. The van der Waals surface area contributed by atoms with Gasteiger partial charge in [-0.25, -0.2) is 15.0 Å². The summed E-state index contributed by atoms with van der Waals surface area (Å²) in [6, 6.07) is 10.3. The number of carbonyl (C=O) groups excluding carboxylic acids is 1. The van der Waals surface area contributed by atoms with Gasteiger partial charge >= 0.3 is 0 Å². The number of anilines is 1. The number of hydrogen-bond donors (Lipinski definition) is 1. The number of rotatable bonds is 7. The maximum absolute atomic E-state index is 12.7. The van der Waals surface area contributed by atoms with Crippen molar-refractivity contribution in [3.05, 3.63) is 54.0 Å². The normalized spacial score (nSPS) is 17.8. The Kier molecular flexibility index (Phi) is 6.90. The van der Waals surface area contributed by atoms with E-state index in [1.165, 1.54) is 0 Å². The molecule has 5 rings (SSSR count). The quantitative estimate of drug-likeness (QED) is 0.524. The van der Waals surface area contributed by atoms with Crippen LogP contribution in [0.1, 0.15) is 56.0 Å². The number of amides is 1. The van der Waals surface area contributed by atoms with Crippen molar-refractivity contribution < 1.29 is 9.90 Å². The number of aliphatic hydroxyl groups excluding tert-OH is 1. The van der Waals surface area contributed by atoms with E-state index in [1.54, 1.807) is 12.3 Å². The Morgan fingerprint density at radius 1 is 1.27 bits per heavy atom. The molecule has 8 nitrogen and oxygen atoms in total. The van der Waals surface area contributed by atoms with Crippen LogP contribution in [0.5, 0.6) is 0 Å². The minimum Gasteiger partial charge on any atom is -0.396 e. The zero-order chi connectivity index (χ0) is 26.1. The molecule has 3 aromatic rings. The predicted octanol–water partition coefficient (Wildman–Crippen LogP) is 4.14. The summed E-state index contributed by atoms with van der Waals surface area (Å²) in [6.45, 7) is 9.68. The van der Waals surface area contributed by atoms with Gasteiger partial charge in [-0.05, 0) is 54.7 Å². The van der Waals surface area contributed by atoms with E-state index in [4.69, 9.17) is 4.98 Å². The van der Waals surface area contributed by atoms with E-state index in [1.807, 2.05) is 29.2 Å². The highest BCUT2D eigenvalue weighted by atomic mass is 16.3. The molecule has 1 amide bonds. The fourth-order valence-electron chi connectivity index (χ4n) is 5.25. The van der Waals surface area contributed by atoms with Gasteiger partial charge < -0.3 is 14.9 Å². The fourth-order valence-corrected chi connectivity index (χ4v) is 5.25. The molecule has 1 N–H and O–H groups in total. The first-order chi connectivity index (χ1) is 17.9. The van der Waals surface area contributed by atoms with Crippen molar-refractivity contribution in [2.24, 2.45) is 5.92 Å². The summed E-state index contributed by atoms with van der Waals surface area (Å²) in [7, 11) is 0. The topological polar surface area (TPSA) is 106 Å². The number of aliphatic hydroxyl groups is 1. The Bertz CT molecular complexity index is 1390. The minimum atomic E-state index is -0.150. The Hall–Kier alpha value is -3.83. The number of aromatic nitrogens is 3. The van der Waals surface area contributed by atoms with E-state index in [2.05, 4.69) is 41.4 Å². The minimum absolute atomic E-state index is 0.0180. The van der Waals surface area contributed by atoms with Gasteiger partial charge in [-0.15, -0.1) is 0 Å². The zero-order valence-electron chi connectivity index (χ0n) is 21.4. The monoisotopic (exact) mass is 496 g/mol. The summed E-state index contributed by atoms with van der Waals surface area (Å²) in [6.07, 6.45) is 5.71. The lowest BCUT2D eigenvalue weighted by Gasteiger charge is -2.44. The number of carbonyl (C=O) groups is 1. The SMILES string of the molecule is C=Cc1cc(-c2cc(C#N)c(N3CCN(C(=O)CCO)[C@H](C(C)C)C3)nc2C2CC2)c2cccnc2n1. The molecule has 1 aliphatic heterocycles. The molecule has 0 aromatic carbocycles. The van der Waals surface area contributed by atoms with Crippen molar-refractivity contribution in [1.82, 2.24) is 19.9 Å². The number of hydrogen-bond acceptors (Lipinski definition) is 7. The first-order valence-corrected chi connectivity index (χ1v) is 12.9. The summed E-state index contributed by atoms with van der Waals surface area (Å²) >= 11 is 0. The van der Waals surface area contributed by atoms with Crippen molar-refractivity contribution >= 4 is 28.8 Å². The third-order valence-electron chi connectivity index (χ3n) is 7.35. The van der Waals surface area contributed by atoms with Crippen molar-refractivity contribution in [3.8, 4) is 17.2 Å². The van der Waals surface area contributed by atoms with Gasteiger partial charge in [-0.3, -0.25) is 4.79 Å². The molecule has 0 radical (unpaired) electrons. The number of pyridine rings is 3. The van der Waals surface area contributed by atoms with Crippen LogP contribution in [-0.4, -0.2) is 63.1 Å². The van der Waals surface area contributed by atoms with Gasteiger partial charge in [0.15, 0.2) is 5.65 Å². The van der Waals surface area contributed by atoms with E-state index < -0.39 is 0 Å². The van der Waals surface area contributed by atoms with Crippen molar-refractivity contribution in [1.29, 1.82) is 5.26 Å². The molecule has 0 bridgehead atoms. The molecule has 1 saturated carbocycles. The van der Waals surface area contributed by atoms with Crippen LogP contribution in [0.25, 0.3) is 28.2 Å². The molecule has 8 heteroatoms. The molecule has 37 heavy (non-hydrogen) atoms. The number of nitriles is 1. The highest BCUT2D eigenvalue weighted by Crippen LogP contribution is 2.46. The summed E-state index contributed by atoms with van der Waals surface area (Å²) in [5.41, 5.74) is 4.80. The summed E-state index contributed by atoms with van der Waals surface area (Å²) < 4.78 is 0. The second-order valence-corrected chi connectivity index (χ2v) is 10.2. The van der Waals surface area contributed by atoms with Gasteiger partial charge in [0, 0.05) is 49.1 Å². The molecule has 1 atom stereocenters. The zero-order valence-corrected chi connectivity index (χ0v) is 21.4. The maximum atomic E-state index is 12.7. The van der Waals surface area contributed by atoms with Crippen molar-refractivity contribution in [2.75, 3.05) is 31.1 Å². The number of nitrogens with zero attached hydrogens (tertiary/aromatic N) is 6. The highest BCUT2D eigenvalue weighted by Gasteiger charge is 2.35. The van der Waals surface area contributed by atoms with E-state index in [0.29, 0.717) is 42.6 Å². The fraction of sp³-hybridized carbons (Fsp3) is 0.414. The first kappa shape index (κ1) is 24.8. The maximum Gasteiger partial charge on any atom is 0.225 e. The van der Waals surface area contributed by atoms with E-state index in [9.17, 15) is 15.2 Å². The van der Waals surface area contributed by atoms with Crippen LogP contribution in [0.2, 0.25) is 0 Å².